The second-order valence-corrected chi connectivity index (χ2v) is 6.21. The highest BCUT2D eigenvalue weighted by Crippen LogP contribution is 2.20. The fraction of sp³-hybridized carbons (Fsp3) is 1.00. The number of nitrogens with zero attached hydrogens (tertiary/aromatic N) is 1. The molecule has 0 aliphatic carbocycles. The maximum absolute atomic E-state index is 5.67. The molecule has 0 saturated heterocycles. The van der Waals surface area contributed by atoms with Crippen molar-refractivity contribution in [3.63, 3.8) is 0 Å². The van der Waals surface area contributed by atoms with Gasteiger partial charge in [-0.1, -0.05) is 27.7 Å². The number of hydrogen-bond donors (Lipinski definition) is 1. The summed E-state index contributed by atoms with van der Waals surface area (Å²) in [5.74, 6) is 2.41. The third-order valence-corrected chi connectivity index (χ3v) is 3.68. The number of nitrogens with two attached hydrogens (primary N) is 1. The summed E-state index contributed by atoms with van der Waals surface area (Å²) >= 11 is 0. The van der Waals surface area contributed by atoms with Crippen LogP contribution in [0.4, 0.5) is 0 Å². The van der Waals surface area contributed by atoms with Crippen molar-refractivity contribution < 1.29 is 0 Å². The summed E-state index contributed by atoms with van der Waals surface area (Å²) in [7, 11) is 2.25. The molecule has 0 aromatic heterocycles. The van der Waals surface area contributed by atoms with Crippen molar-refractivity contribution in [3.05, 3.63) is 0 Å². The van der Waals surface area contributed by atoms with Gasteiger partial charge < -0.3 is 10.6 Å². The Morgan fingerprint density at radius 1 is 0.941 bits per heavy atom. The topological polar surface area (TPSA) is 29.3 Å². The first-order chi connectivity index (χ1) is 7.97. The van der Waals surface area contributed by atoms with E-state index in [0.29, 0.717) is 0 Å². The van der Waals surface area contributed by atoms with Gasteiger partial charge in [0.1, 0.15) is 0 Å². The van der Waals surface area contributed by atoms with Crippen molar-refractivity contribution >= 4 is 0 Å². The Bertz CT molecular complexity index is 166. The van der Waals surface area contributed by atoms with E-state index in [4.69, 9.17) is 5.73 Å². The first kappa shape index (κ1) is 16.9. The maximum atomic E-state index is 5.67. The molecule has 1 unspecified atom stereocenters. The molecule has 0 aliphatic heterocycles. The molecular weight excluding hydrogens is 208 g/mol. The van der Waals surface area contributed by atoms with Crippen molar-refractivity contribution in [3.8, 4) is 0 Å². The smallest absolute Gasteiger partial charge is 0.00194 e. The van der Waals surface area contributed by atoms with Gasteiger partial charge >= 0.3 is 0 Å². The van der Waals surface area contributed by atoms with Crippen LogP contribution in [0.1, 0.15) is 53.4 Å². The van der Waals surface area contributed by atoms with Gasteiger partial charge in [0.05, 0.1) is 0 Å². The Hall–Kier alpha value is -0.0800. The van der Waals surface area contributed by atoms with Crippen LogP contribution < -0.4 is 5.73 Å². The van der Waals surface area contributed by atoms with Crippen LogP contribution in [0.5, 0.6) is 0 Å². The summed E-state index contributed by atoms with van der Waals surface area (Å²) in [6.07, 6.45) is 5.15. The fourth-order valence-electron chi connectivity index (χ4n) is 2.24. The van der Waals surface area contributed by atoms with E-state index in [1.54, 1.807) is 0 Å². The van der Waals surface area contributed by atoms with Crippen LogP contribution in [0.25, 0.3) is 0 Å². The Morgan fingerprint density at radius 2 is 1.59 bits per heavy atom. The average Bonchev–Trinajstić information content (AvgIpc) is 2.25. The minimum Gasteiger partial charge on any atom is -0.330 e. The predicted octanol–water partition coefficient (Wildman–Crippen LogP) is 3.37. The van der Waals surface area contributed by atoms with Gasteiger partial charge in [-0.2, -0.15) is 0 Å². The molecule has 2 nitrogen and oxygen atoms in total. The summed E-state index contributed by atoms with van der Waals surface area (Å²) < 4.78 is 0. The Kier molecular flexibility index (Phi) is 9.85. The molecule has 104 valence electrons. The molecular formula is C15H34N2. The molecule has 1 atom stereocenters. The summed E-state index contributed by atoms with van der Waals surface area (Å²) in [4.78, 5) is 2.47. The highest BCUT2D eigenvalue weighted by atomic mass is 15.1. The number of hydrogen-bond acceptors (Lipinski definition) is 2. The van der Waals surface area contributed by atoms with E-state index < -0.39 is 0 Å². The Morgan fingerprint density at radius 3 is 2.06 bits per heavy atom. The van der Waals surface area contributed by atoms with Crippen molar-refractivity contribution in [1.82, 2.24) is 4.90 Å². The SMILES string of the molecule is CC(C)CCN(C)CCCC(CCN)C(C)C. The third kappa shape index (κ3) is 9.61. The molecule has 0 aliphatic rings. The fourth-order valence-corrected chi connectivity index (χ4v) is 2.24. The highest BCUT2D eigenvalue weighted by Gasteiger charge is 2.12. The van der Waals surface area contributed by atoms with Crippen LogP contribution in [0.3, 0.4) is 0 Å². The molecule has 0 heterocycles. The van der Waals surface area contributed by atoms with Gasteiger partial charge in [-0.15, -0.1) is 0 Å². The molecule has 0 aromatic rings. The lowest BCUT2D eigenvalue weighted by Crippen LogP contribution is -2.23. The van der Waals surface area contributed by atoms with E-state index in [9.17, 15) is 0 Å². The minimum absolute atomic E-state index is 0.777. The van der Waals surface area contributed by atoms with Gasteiger partial charge in [0.15, 0.2) is 0 Å². The zero-order valence-electron chi connectivity index (χ0n) is 12.7. The van der Waals surface area contributed by atoms with Crippen molar-refractivity contribution in [1.29, 1.82) is 0 Å². The van der Waals surface area contributed by atoms with Gasteiger partial charge in [0.25, 0.3) is 0 Å². The summed E-state index contributed by atoms with van der Waals surface area (Å²) in [6, 6.07) is 0. The van der Waals surface area contributed by atoms with Gasteiger partial charge in [-0.3, -0.25) is 0 Å². The van der Waals surface area contributed by atoms with Crippen LogP contribution >= 0.6 is 0 Å². The van der Waals surface area contributed by atoms with Gasteiger partial charge in [0, 0.05) is 0 Å². The minimum atomic E-state index is 0.777. The van der Waals surface area contributed by atoms with E-state index in [1.165, 1.54) is 38.8 Å². The highest BCUT2D eigenvalue weighted by molar-refractivity contribution is 4.65. The van der Waals surface area contributed by atoms with E-state index in [1.807, 2.05) is 0 Å². The van der Waals surface area contributed by atoms with Gasteiger partial charge in [-0.25, -0.2) is 0 Å². The molecule has 0 aromatic carbocycles. The lowest BCUT2D eigenvalue weighted by Gasteiger charge is -2.22. The largest absolute Gasteiger partial charge is 0.330 e. The predicted molar refractivity (Wildman–Crippen MR) is 78.2 cm³/mol. The second-order valence-electron chi connectivity index (χ2n) is 6.21. The zero-order chi connectivity index (χ0) is 13.3. The van der Waals surface area contributed by atoms with E-state index in [-0.39, 0.29) is 0 Å². The van der Waals surface area contributed by atoms with E-state index in [2.05, 4.69) is 39.6 Å². The molecule has 0 rings (SSSR count). The monoisotopic (exact) mass is 242 g/mol. The van der Waals surface area contributed by atoms with Crippen molar-refractivity contribution in [2.75, 3.05) is 26.7 Å². The molecule has 2 heteroatoms. The first-order valence-electron chi connectivity index (χ1n) is 7.36. The van der Waals surface area contributed by atoms with Crippen molar-refractivity contribution in [2.45, 2.75) is 53.4 Å². The van der Waals surface area contributed by atoms with E-state index >= 15 is 0 Å². The average molecular weight is 242 g/mol. The quantitative estimate of drug-likeness (QED) is 0.636. The standard InChI is InChI=1S/C15H34N2/c1-13(2)9-12-17(5)11-6-7-15(8-10-16)14(3)4/h13-15H,6-12,16H2,1-5H3. The molecule has 0 bridgehead atoms. The van der Waals surface area contributed by atoms with Crippen LogP contribution in [0.15, 0.2) is 0 Å². The zero-order valence-corrected chi connectivity index (χ0v) is 12.7. The lowest BCUT2D eigenvalue weighted by molar-refractivity contribution is 0.272. The lowest BCUT2D eigenvalue weighted by atomic mass is 9.88. The summed E-state index contributed by atoms with van der Waals surface area (Å²) in [5, 5.41) is 0. The van der Waals surface area contributed by atoms with Crippen LogP contribution in [-0.4, -0.2) is 31.6 Å². The molecule has 0 spiro atoms. The third-order valence-electron chi connectivity index (χ3n) is 3.68. The maximum Gasteiger partial charge on any atom is -0.00194 e. The molecule has 0 radical (unpaired) electrons. The molecule has 0 saturated carbocycles. The van der Waals surface area contributed by atoms with E-state index in [0.717, 1.165) is 24.3 Å². The first-order valence-corrected chi connectivity index (χ1v) is 7.36. The van der Waals surface area contributed by atoms with Gasteiger partial charge in [-0.05, 0) is 70.1 Å². The van der Waals surface area contributed by atoms with Crippen LogP contribution in [-0.2, 0) is 0 Å². The molecule has 17 heavy (non-hydrogen) atoms. The Labute approximate surface area is 109 Å². The van der Waals surface area contributed by atoms with Crippen LogP contribution in [0.2, 0.25) is 0 Å². The molecule has 2 N–H and O–H groups in total. The molecule has 0 fully saturated rings. The molecule has 0 amide bonds. The normalized spacial score (nSPS) is 13.9. The Balaban J connectivity index is 3.65. The van der Waals surface area contributed by atoms with Crippen LogP contribution in [0, 0.1) is 17.8 Å². The van der Waals surface area contributed by atoms with Gasteiger partial charge in [0.2, 0.25) is 0 Å². The number of rotatable bonds is 10. The summed E-state index contributed by atoms with van der Waals surface area (Å²) in [6.45, 7) is 12.5. The summed E-state index contributed by atoms with van der Waals surface area (Å²) in [5.41, 5.74) is 5.67. The van der Waals surface area contributed by atoms with Crippen molar-refractivity contribution in [2.24, 2.45) is 23.5 Å². The second kappa shape index (κ2) is 9.90.